The maximum absolute atomic E-state index is 13.0. The molecule has 2 aliphatic rings. The van der Waals surface area contributed by atoms with E-state index < -0.39 is 0 Å². The van der Waals surface area contributed by atoms with Crippen LogP contribution in [0.3, 0.4) is 0 Å². The molecule has 2 saturated heterocycles. The predicted octanol–water partition coefficient (Wildman–Crippen LogP) is 1.32. The number of piperidine rings is 1. The van der Waals surface area contributed by atoms with Crippen molar-refractivity contribution in [1.29, 1.82) is 0 Å². The van der Waals surface area contributed by atoms with Crippen LogP contribution >= 0.6 is 0 Å². The van der Waals surface area contributed by atoms with E-state index in [1.165, 1.54) is 0 Å². The van der Waals surface area contributed by atoms with E-state index in [0.717, 1.165) is 58.4 Å². The number of amides is 1. The van der Waals surface area contributed by atoms with E-state index in [0.29, 0.717) is 11.9 Å². The third kappa shape index (κ3) is 3.11. The number of hydrogen-bond donors (Lipinski definition) is 1. The molecule has 110 valence electrons. The van der Waals surface area contributed by atoms with Crippen molar-refractivity contribution in [2.75, 3.05) is 39.8 Å². The Hall–Kier alpha value is -0.610. The second kappa shape index (κ2) is 6.23. The molecule has 2 heterocycles. The number of piperazine rings is 1. The molecule has 2 rings (SSSR count). The van der Waals surface area contributed by atoms with Crippen LogP contribution in [-0.4, -0.2) is 61.5 Å². The van der Waals surface area contributed by atoms with Crippen molar-refractivity contribution in [3.8, 4) is 0 Å². The van der Waals surface area contributed by atoms with Gasteiger partial charge in [-0.25, -0.2) is 0 Å². The van der Waals surface area contributed by atoms with E-state index in [4.69, 9.17) is 0 Å². The van der Waals surface area contributed by atoms with Crippen molar-refractivity contribution in [2.45, 2.75) is 45.6 Å². The van der Waals surface area contributed by atoms with Crippen molar-refractivity contribution >= 4 is 5.91 Å². The van der Waals surface area contributed by atoms with Gasteiger partial charge in [0.05, 0.1) is 5.41 Å². The van der Waals surface area contributed by atoms with E-state index in [2.05, 4.69) is 36.0 Å². The second-order valence-corrected chi connectivity index (χ2v) is 6.42. The summed E-state index contributed by atoms with van der Waals surface area (Å²) in [6.07, 6.45) is 4.31. The summed E-state index contributed by atoms with van der Waals surface area (Å²) < 4.78 is 0. The zero-order valence-electron chi connectivity index (χ0n) is 12.7. The van der Waals surface area contributed by atoms with E-state index in [1.54, 1.807) is 0 Å². The molecular weight excluding hydrogens is 238 g/mol. The van der Waals surface area contributed by atoms with Crippen molar-refractivity contribution in [3.63, 3.8) is 0 Å². The van der Waals surface area contributed by atoms with Gasteiger partial charge in [-0.2, -0.15) is 0 Å². The molecule has 0 aliphatic carbocycles. The van der Waals surface area contributed by atoms with Crippen LogP contribution in [0, 0.1) is 5.41 Å². The van der Waals surface area contributed by atoms with Gasteiger partial charge in [0.15, 0.2) is 0 Å². The van der Waals surface area contributed by atoms with Crippen molar-refractivity contribution in [3.05, 3.63) is 0 Å². The Morgan fingerprint density at radius 1 is 1.42 bits per heavy atom. The fourth-order valence-electron chi connectivity index (χ4n) is 3.70. The SMILES string of the molecule is CCCC1(C(=O)N2CCN(C)CC2C)CCCNC1. The average Bonchev–Trinajstić information content (AvgIpc) is 2.39. The van der Waals surface area contributed by atoms with Gasteiger partial charge in [0.1, 0.15) is 0 Å². The smallest absolute Gasteiger partial charge is 0.230 e. The Balaban J connectivity index is 2.10. The van der Waals surface area contributed by atoms with Crippen LogP contribution in [0.15, 0.2) is 0 Å². The molecule has 0 aromatic rings. The normalized spacial score (nSPS) is 33.4. The summed E-state index contributed by atoms with van der Waals surface area (Å²) in [4.78, 5) is 17.5. The lowest BCUT2D eigenvalue weighted by Gasteiger charge is -2.45. The molecule has 0 aromatic carbocycles. The highest BCUT2D eigenvalue weighted by atomic mass is 16.2. The van der Waals surface area contributed by atoms with Gasteiger partial charge in [0.2, 0.25) is 5.91 Å². The van der Waals surface area contributed by atoms with Gasteiger partial charge in [0, 0.05) is 32.2 Å². The second-order valence-electron chi connectivity index (χ2n) is 6.42. The largest absolute Gasteiger partial charge is 0.337 e. The monoisotopic (exact) mass is 267 g/mol. The Kier molecular flexibility index (Phi) is 4.85. The summed E-state index contributed by atoms with van der Waals surface area (Å²) in [5.41, 5.74) is -0.128. The van der Waals surface area contributed by atoms with Gasteiger partial charge < -0.3 is 15.1 Å². The molecule has 0 saturated carbocycles. The molecule has 0 spiro atoms. The van der Waals surface area contributed by atoms with Crippen LogP contribution in [0.1, 0.15) is 39.5 Å². The van der Waals surface area contributed by atoms with Gasteiger partial charge in [-0.3, -0.25) is 4.79 Å². The lowest BCUT2D eigenvalue weighted by atomic mass is 9.75. The number of carbonyl (C=O) groups excluding carboxylic acids is 1. The quantitative estimate of drug-likeness (QED) is 0.838. The van der Waals surface area contributed by atoms with E-state index in [1.807, 2.05) is 0 Å². The molecule has 0 radical (unpaired) electrons. The van der Waals surface area contributed by atoms with Crippen LogP contribution in [-0.2, 0) is 4.79 Å². The fraction of sp³-hybridized carbons (Fsp3) is 0.933. The van der Waals surface area contributed by atoms with Gasteiger partial charge in [-0.15, -0.1) is 0 Å². The molecule has 4 nitrogen and oxygen atoms in total. The number of carbonyl (C=O) groups is 1. The molecule has 2 aliphatic heterocycles. The minimum atomic E-state index is -0.128. The third-order valence-electron chi connectivity index (χ3n) is 4.75. The first kappa shape index (κ1) is 14.8. The number of rotatable bonds is 3. The van der Waals surface area contributed by atoms with Crippen LogP contribution in [0.5, 0.6) is 0 Å². The molecular formula is C15H29N3O. The first-order valence-corrected chi connectivity index (χ1v) is 7.79. The highest BCUT2D eigenvalue weighted by Gasteiger charge is 2.43. The van der Waals surface area contributed by atoms with Crippen LogP contribution in [0.2, 0.25) is 0 Å². The summed E-state index contributed by atoms with van der Waals surface area (Å²) in [5.74, 6) is 0.405. The zero-order chi connectivity index (χ0) is 13.9. The molecule has 2 fully saturated rings. The Morgan fingerprint density at radius 2 is 2.21 bits per heavy atom. The molecule has 19 heavy (non-hydrogen) atoms. The number of nitrogens with one attached hydrogen (secondary N) is 1. The van der Waals surface area contributed by atoms with Gasteiger partial charge >= 0.3 is 0 Å². The highest BCUT2D eigenvalue weighted by molar-refractivity contribution is 5.83. The average molecular weight is 267 g/mol. The lowest BCUT2D eigenvalue weighted by Crippen LogP contribution is -2.59. The summed E-state index contributed by atoms with van der Waals surface area (Å²) in [6.45, 7) is 9.21. The topological polar surface area (TPSA) is 35.6 Å². The van der Waals surface area contributed by atoms with Crippen molar-refractivity contribution in [1.82, 2.24) is 15.1 Å². The Bertz CT molecular complexity index is 307. The molecule has 4 heteroatoms. The summed E-state index contributed by atoms with van der Waals surface area (Å²) in [5, 5.41) is 3.45. The van der Waals surface area contributed by atoms with E-state index in [9.17, 15) is 4.79 Å². The summed E-state index contributed by atoms with van der Waals surface area (Å²) in [6, 6.07) is 0.349. The molecule has 0 aromatic heterocycles. The van der Waals surface area contributed by atoms with E-state index >= 15 is 0 Å². The van der Waals surface area contributed by atoms with Gasteiger partial charge in [-0.05, 0) is 39.8 Å². The van der Waals surface area contributed by atoms with Gasteiger partial charge in [0.25, 0.3) is 0 Å². The first-order valence-electron chi connectivity index (χ1n) is 7.79. The standard InChI is InChI=1S/C15H29N3O/c1-4-6-15(7-5-8-16-12-15)14(19)18-10-9-17(3)11-13(18)2/h13,16H,4-12H2,1-3H3. The van der Waals surface area contributed by atoms with Crippen molar-refractivity contribution in [2.24, 2.45) is 5.41 Å². The molecule has 0 bridgehead atoms. The number of nitrogens with zero attached hydrogens (tertiary/aromatic N) is 2. The van der Waals surface area contributed by atoms with E-state index in [-0.39, 0.29) is 5.41 Å². The minimum absolute atomic E-state index is 0.128. The summed E-state index contributed by atoms with van der Waals surface area (Å²) >= 11 is 0. The Morgan fingerprint density at radius 3 is 2.79 bits per heavy atom. The molecule has 1 amide bonds. The minimum Gasteiger partial charge on any atom is -0.337 e. The molecule has 2 unspecified atom stereocenters. The van der Waals surface area contributed by atoms with Gasteiger partial charge in [-0.1, -0.05) is 13.3 Å². The maximum atomic E-state index is 13.0. The Labute approximate surface area is 117 Å². The van der Waals surface area contributed by atoms with Crippen LogP contribution < -0.4 is 5.32 Å². The number of likely N-dealkylation sites (N-methyl/N-ethyl adjacent to an activating group) is 1. The van der Waals surface area contributed by atoms with Crippen LogP contribution in [0.4, 0.5) is 0 Å². The molecule has 2 atom stereocenters. The maximum Gasteiger partial charge on any atom is 0.230 e. The predicted molar refractivity (Wildman–Crippen MR) is 78.1 cm³/mol. The lowest BCUT2D eigenvalue weighted by molar-refractivity contribution is -0.148. The first-order chi connectivity index (χ1) is 9.09. The number of hydrogen-bond acceptors (Lipinski definition) is 3. The zero-order valence-corrected chi connectivity index (χ0v) is 12.7. The highest BCUT2D eigenvalue weighted by Crippen LogP contribution is 2.34. The van der Waals surface area contributed by atoms with Crippen LogP contribution in [0.25, 0.3) is 0 Å². The summed E-state index contributed by atoms with van der Waals surface area (Å²) in [7, 11) is 2.14. The fourth-order valence-corrected chi connectivity index (χ4v) is 3.70. The molecule has 1 N–H and O–H groups in total. The van der Waals surface area contributed by atoms with Crippen molar-refractivity contribution < 1.29 is 4.79 Å². The third-order valence-corrected chi connectivity index (χ3v) is 4.75.